The highest BCUT2D eigenvalue weighted by Gasteiger charge is 2.28. The minimum atomic E-state index is -0.844. The number of benzene rings is 2. The van der Waals surface area contributed by atoms with E-state index in [-0.39, 0.29) is 11.8 Å². The summed E-state index contributed by atoms with van der Waals surface area (Å²) in [6.45, 7) is 4.96. The average molecular weight is 508 g/mol. The summed E-state index contributed by atoms with van der Waals surface area (Å²) in [6.07, 6.45) is 4.33. The maximum Gasteiger partial charge on any atom is 0.254 e. The van der Waals surface area contributed by atoms with Crippen LogP contribution in [-0.4, -0.2) is 72.2 Å². The lowest BCUT2D eigenvalue weighted by molar-refractivity contribution is -0.123. The lowest BCUT2D eigenvalue weighted by Gasteiger charge is -2.29. The van der Waals surface area contributed by atoms with E-state index in [1.54, 1.807) is 0 Å². The topological polar surface area (TPSA) is 91.3 Å². The first-order valence-corrected chi connectivity index (χ1v) is 13.5. The predicted octanol–water partition coefficient (Wildman–Crippen LogP) is 3.29. The van der Waals surface area contributed by atoms with Crippen molar-refractivity contribution in [1.82, 2.24) is 15.1 Å². The van der Waals surface area contributed by atoms with Gasteiger partial charge < -0.3 is 29.7 Å². The molecule has 1 saturated heterocycles. The lowest BCUT2D eigenvalue weighted by atomic mass is 10.0. The zero-order valence-corrected chi connectivity index (χ0v) is 21.4. The van der Waals surface area contributed by atoms with E-state index in [0.29, 0.717) is 56.3 Å². The molecule has 0 aromatic heterocycles. The van der Waals surface area contributed by atoms with Crippen molar-refractivity contribution in [1.29, 1.82) is 0 Å². The fraction of sp³-hybridized carbons (Fsp3) is 0.517. The quantitative estimate of drug-likeness (QED) is 0.454. The van der Waals surface area contributed by atoms with Gasteiger partial charge in [0.2, 0.25) is 5.91 Å². The van der Waals surface area contributed by atoms with Crippen LogP contribution in [0, 0.1) is 0 Å². The number of carbonyl (C=O) groups excluding carboxylic acids is 2. The summed E-state index contributed by atoms with van der Waals surface area (Å²) in [5.41, 5.74) is 2.61. The number of aliphatic hydroxyl groups is 1. The van der Waals surface area contributed by atoms with Crippen LogP contribution in [0.25, 0.3) is 0 Å². The third-order valence-corrected chi connectivity index (χ3v) is 7.52. The highest BCUT2D eigenvalue weighted by atomic mass is 16.6. The van der Waals surface area contributed by atoms with Crippen LogP contribution in [0.2, 0.25) is 0 Å². The number of amides is 2. The van der Waals surface area contributed by atoms with Gasteiger partial charge in [-0.05, 0) is 68.1 Å². The Morgan fingerprint density at radius 1 is 1.00 bits per heavy atom. The van der Waals surface area contributed by atoms with Crippen molar-refractivity contribution < 1.29 is 24.2 Å². The second-order valence-corrected chi connectivity index (χ2v) is 10.2. The van der Waals surface area contributed by atoms with Crippen molar-refractivity contribution in [3.8, 4) is 11.5 Å². The molecule has 37 heavy (non-hydrogen) atoms. The van der Waals surface area contributed by atoms with Gasteiger partial charge in [-0.15, -0.1) is 0 Å². The Morgan fingerprint density at radius 2 is 1.78 bits per heavy atom. The molecule has 1 fully saturated rings. The number of aliphatic hydroxyl groups excluding tert-OH is 1. The summed E-state index contributed by atoms with van der Waals surface area (Å²) in [5.74, 6) is 1.37. The van der Waals surface area contributed by atoms with Crippen molar-refractivity contribution in [3.63, 3.8) is 0 Å². The van der Waals surface area contributed by atoms with E-state index in [1.807, 2.05) is 47.4 Å². The number of rotatable bonds is 11. The van der Waals surface area contributed by atoms with Gasteiger partial charge in [0.25, 0.3) is 5.91 Å². The van der Waals surface area contributed by atoms with Crippen LogP contribution in [0.5, 0.6) is 11.5 Å². The number of carbonyl (C=O) groups is 2. The SMILES string of the molecule is O=C(CCCCCN1Cc2ccccc2C1=O)NC(CN1CCCC1)[C@H](O)c1ccc2c(c1)OCCO2. The Labute approximate surface area is 218 Å². The molecule has 0 saturated carbocycles. The maximum atomic E-state index is 12.9. The number of fused-ring (bicyclic) bond motifs is 2. The maximum absolute atomic E-state index is 12.9. The van der Waals surface area contributed by atoms with E-state index in [2.05, 4.69) is 10.2 Å². The highest BCUT2D eigenvalue weighted by Crippen LogP contribution is 2.33. The van der Waals surface area contributed by atoms with Crippen LogP contribution in [0.15, 0.2) is 42.5 Å². The van der Waals surface area contributed by atoms with Gasteiger partial charge in [-0.25, -0.2) is 0 Å². The van der Waals surface area contributed by atoms with Crippen molar-refractivity contribution in [2.24, 2.45) is 0 Å². The first kappa shape index (κ1) is 25.5. The van der Waals surface area contributed by atoms with Crippen LogP contribution >= 0.6 is 0 Å². The van der Waals surface area contributed by atoms with Gasteiger partial charge in [0.05, 0.1) is 6.04 Å². The first-order valence-electron chi connectivity index (χ1n) is 13.5. The smallest absolute Gasteiger partial charge is 0.254 e. The number of nitrogens with one attached hydrogen (secondary N) is 1. The molecule has 0 bridgehead atoms. The second kappa shape index (κ2) is 12.0. The van der Waals surface area contributed by atoms with Gasteiger partial charge in [0, 0.05) is 31.6 Å². The van der Waals surface area contributed by atoms with Crippen LogP contribution in [0.3, 0.4) is 0 Å². The molecule has 8 heteroatoms. The average Bonchev–Trinajstić information content (AvgIpc) is 3.55. The Morgan fingerprint density at radius 3 is 2.59 bits per heavy atom. The number of hydrogen-bond donors (Lipinski definition) is 2. The number of ether oxygens (including phenoxy) is 2. The van der Waals surface area contributed by atoms with Crippen molar-refractivity contribution in [3.05, 3.63) is 59.2 Å². The fourth-order valence-corrected chi connectivity index (χ4v) is 5.48. The Hall–Kier alpha value is -3.10. The molecule has 3 aliphatic heterocycles. The van der Waals surface area contributed by atoms with Crippen molar-refractivity contribution >= 4 is 11.8 Å². The molecule has 2 amide bonds. The summed E-state index contributed by atoms with van der Waals surface area (Å²) in [5, 5.41) is 14.4. The molecule has 3 aliphatic rings. The van der Waals surface area contributed by atoms with Gasteiger partial charge >= 0.3 is 0 Å². The Bertz CT molecular complexity index is 1100. The number of unbranched alkanes of at least 4 members (excludes halogenated alkanes) is 2. The number of likely N-dealkylation sites (tertiary alicyclic amines) is 1. The Balaban J connectivity index is 1.10. The first-order chi connectivity index (χ1) is 18.1. The molecule has 5 rings (SSSR count). The summed E-state index contributed by atoms with van der Waals surface area (Å²) in [7, 11) is 0. The third-order valence-electron chi connectivity index (χ3n) is 7.52. The molecule has 0 radical (unpaired) electrons. The van der Waals surface area contributed by atoms with E-state index in [0.717, 1.165) is 56.3 Å². The highest BCUT2D eigenvalue weighted by molar-refractivity contribution is 5.98. The lowest BCUT2D eigenvalue weighted by Crippen LogP contribution is -2.46. The molecular formula is C29H37N3O5. The monoisotopic (exact) mass is 507 g/mol. The Kier molecular flexibility index (Phi) is 8.26. The summed E-state index contributed by atoms with van der Waals surface area (Å²) >= 11 is 0. The summed E-state index contributed by atoms with van der Waals surface area (Å²) in [4.78, 5) is 29.6. The van der Waals surface area contributed by atoms with E-state index >= 15 is 0 Å². The van der Waals surface area contributed by atoms with Gasteiger partial charge in [0.1, 0.15) is 19.3 Å². The molecule has 0 spiro atoms. The van der Waals surface area contributed by atoms with Gasteiger partial charge in [-0.3, -0.25) is 9.59 Å². The molecule has 2 N–H and O–H groups in total. The molecule has 2 atom stereocenters. The van der Waals surface area contributed by atoms with Crippen LogP contribution in [0.1, 0.15) is 66.1 Å². The fourth-order valence-electron chi connectivity index (χ4n) is 5.48. The third kappa shape index (κ3) is 6.25. The standard InChI is InChI=1S/C29H37N3O5/c33-27(10-2-1-5-15-32-19-22-8-3-4-9-23(22)29(32)35)30-24(20-31-13-6-7-14-31)28(34)21-11-12-25-26(18-21)37-17-16-36-25/h3-4,8-9,11-12,18,24,28,34H,1-2,5-7,10,13-17,19-20H2,(H,30,33)/t24?,28-/m1/s1. The molecular weight excluding hydrogens is 470 g/mol. The second-order valence-electron chi connectivity index (χ2n) is 10.2. The van der Waals surface area contributed by atoms with Gasteiger partial charge in [-0.1, -0.05) is 30.7 Å². The summed E-state index contributed by atoms with van der Waals surface area (Å²) in [6, 6.07) is 12.9. The minimum absolute atomic E-state index is 0.0505. The van der Waals surface area contributed by atoms with Gasteiger partial charge in [-0.2, -0.15) is 0 Å². The molecule has 2 aromatic rings. The molecule has 2 aromatic carbocycles. The number of nitrogens with zero attached hydrogens (tertiary/aromatic N) is 2. The largest absolute Gasteiger partial charge is 0.486 e. The zero-order chi connectivity index (χ0) is 25.6. The molecule has 8 nitrogen and oxygen atoms in total. The number of hydrogen-bond acceptors (Lipinski definition) is 6. The zero-order valence-electron chi connectivity index (χ0n) is 21.4. The van der Waals surface area contributed by atoms with Crippen molar-refractivity contribution in [2.45, 2.75) is 57.2 Å². The predicted molar refractivity (Wildman–Crippen MR) is 140 cm³/mol. The van der Waals surface area contributed by atoms with Crippen molar-refractivity contribution in [2.75, 3.05) is 39.4 Å². The van der Waals surface area contributed by atoms with E-state index < -0.39 is 12.1 Å². The normalized spacial score (nSPS) is 18.5. The minimum Gasteiger partial charge on any atom is -0.486 e. The van der Waals surface area contributed by atoms with E-state index in [1.165, 1.54) is 0 Å². The van der Waals surface area contributed by atoms with E-state index in [9.17, 15) is 14.7 Å². The molecule has 198 valence electrons. The molecule has 0 aliphatic carbocycles. The molecule has 3 heterocycles. The van der Waals surface area contributed by atoms with E-state index in [4.69, 9.17) is 9.47 Å². The molecule has 1 unspecified atom stereocenters. The summed E-state index contributed by atoms with van der Waals surface area (Å²) < 4.78 is 11.3. The van der Waals surface area contributed by atoms with Gasteiger partial charge in [0.15, 0.2) is 11.5 Å². The van der Waals surface area contributed by atoms with Crippen LogP contribution in [0.4, 0.5) is 0 Å². The van der Waals surface area contributed by atoms with Crippen LogP contribution < -0.4 is 14.8 Å². The van der Waals surface area contributed by atoms with Crippen LogP contribution in [-0.2, 0) is 11.3 Å².